The van der Waals surface area contributed by atoms with E-state index in [4.69, 9.17) is 18.8 Å². The SMILES string of the molecule is COc1cc(N2CCN(C3CCN(C4CN(c5ccc6c(c5)C(=O)N(C5CCC(=O)NC5=O)C6=O)C4)CC3)CC2)c(-c2cnn(C)c2)cc1Nc1ncc(Br)c(Nc2ccc(C3CC3)cc2P(=O)(OC)OC)n1. The topological polar surface area (TPSA) is 209 Å². The van der Waals surface area contributed by atoms with Crippen molar-refractivity contribution in [2.75, 3.05) is 94.1 Å². The van der Waals surface area contributed by atoms with E-state index in [1.54, 1.807) is 30.1 Å². The molecule has 1 unspecified atom stereocenters. The molecule has 5 aromatic rings. The summed E-state index contributed by atoms with van der Waals surface area (Å²) in [6, 6.07) is 15.2. The van der Waals surface area contributed by atoms with Crippen molar-refractivity contribution < 1.29 is 37.5 Å². The van der Waals surface area contributed by atoms with Crippen molar-refractivity contribution in [2.24, 2.45) is 7.05 Å². The molecule has 0 bridgehead atoms. The van der Waals surface area contributed by atoms with Crippen LogP contribution < -0.4 is 35.8 Å². The van der Waals surface area contributed by atoms with Crippen molar-refractivity contribution in [1.29, 1.82) is 0 Å². The van der Waals surface area contributed by atoms with Gasteiger partial charge >= 0.3 is 7.60 Å². The number of ether oxygens (including phenoxy) is 1. The lowest BCUT2D eigenvalue weighted by atomic mass is 9.97. The van der Waals surface area contributed by atoms with E-state index >= 15 is 0 Å². The third-order valence-electron chi connectivity index (χ3n) is 15.3. The minimum atomic E-state index is -3.62. The van der Waals surface area contributed by atoms with Crippen LogP contribution in [0.1, 0.15) is 70.7 Å². The van der Waals surface area contributed by atoms with E-state index in [1.807, 2.05) is 43.7 Å². The third-order valence-corrected chi connectivity index (χ3v) is 17.8. The number of piperazine rings is 1. The van der Waals surface area contributed by atoms with Crippen LogP contribution in [-0.2, 0) is 30.2 Å². The van der Waals surface area contributed by atoms with Crippen LogP contribution in [0, 0.1) is 0 Å². The van der Waals surface area contributed by atoms with Gasteiger partial charge in [-0.15, -0.1) is 0 Å². The number of imide groups is 2. The van der Waals surface area contributed by atoms with Crippen molar-refractivity contribution >= 4 is 87.0 Å². The number of rotatable bonds is 15. The average Bonchev–Trinajstić information content (AvgIpc) is 4.11. The summed E-state index contributed by atoms with van der Waals surface area (Å²) in [6.07, 6.45) is 10.1. The van der Waals surface area contributed by atoms with Gasteiger partial charge in [-0.05, 0) is 95.9 Å². The molecule has 4 saturated heterocycles. The van der Waals surface area contributed by atoms with E-state index in [1.165, 1.54) is 14.2 Å². The fourth-order valence-electron chi connectivity index (χ4n) is 11.0. The molecule has 3 N–H and O–H groups in total. The number of hydrogen-bond donors (Lipinski definition) is 3. The Morgan fingerprint density at radius 2 is 1.49 bits per heavy atom. The fraction of sp³-hybridized carbons (Fsp3) is 0.431. The number of fused-ring (bicyclic) bond motifs is 1. The van der Waals surface area contributed by atoms with Crippen LogP contribution in [0.25, 0.3) is 11.1 Å². The normalized spacial score (nSPS) is 20.3. The lowest BCUT2D eigenvalue weighted by molar-refractivity contribution is -0.136. The second-order valence-corrected chi connectivity index (χ2v) is 22.6. The molecule has 5 fully saturated rings. The minimum absolute atomic E-state index is 0.0866. The largest absolute Gasteiger partial charge is 0.494 e. The van der Waals surface area contributed by atoms with Crippen molar-refractivity contribution in [3.63, 3.8) is 0 Å². The first-order valence-corrected chi connectivity index (χ1v) is 27.1. The number of piperidine rings is 2. The third kappa shape index (κ3) is 9.51. The number of anilines is 6. The zero-order valence-electron chi connectivity index (χ0n) is 41.2. The summed E-state index contributed by atoms with van der Waals surface area (Å²) in [5, 5.41) is 14.0. The van der Waals surface area contributed by atoms with Gasteiger partial charge in [0.15, 0.2) is 0 Å². The van der Waals surface area contributed by atoms with Crippen LogP contribution in [-0.4, -0.2) is 150 Å². The smallest absolute Gasteiger partial charge is 0.362 e. The monoisotopic (exact) mass is 1080 g/mol. The van der Waals surface area contributed by atoms with Gasteiger partial charge in [0.05, 0.1) is 45.6 Å². The summed E-state index contributed by atoms with van der Waals surface area (Å²) in [5.74, 6) is -0.148. The highest BCUT2D eigenvalue weighted by atomic mass is 79.9. The quantitative estimate of drug-likeness (QED) is 0.0811. The number of benzene rings is 3. The lowest BCUT2D eigenvalue weighted by Crippen LogP contribution is -2.62. The van der Waals surface area contributed by atoms with Crippen LogP contribution >= 0.6 is 23.5 Å². The summed E-state index contributed by atoms with van der Waals surface area (Å²) >= 11 is 3.61. The van der Waals surface area contributed by atoms with Crippen molar-refractivity contribution in [1.82, 2.24) is 39.8 Å². The van der Waals surface area contributed by atoms with Crippen LogP contribution in [0.15, 0.2) is 71.6 Å². The highest BCUT2D eigenvalue weighted by molar-refractivity contribution is 9.10. The minimum Gasteiger partial charge on any atom is -0.494 e. The molecule has 3 aromatic carbocycles. The van der Waals surface area contributed by atoms with E-state index in [9.17, 15) is 23.7 Å². The van der Waals surface area contributed by atoms with Gasteiger partial charge in [0, 0.05) is 133 Å². The first kappa shape index (κ1) is 49.0. The predicted octanol–water partition coefficient (Wildman–Crippen LogP) is 6.00. The van der Waals surface area contributed by atoms with Crippen LogP contribution in [0.2, 0.25) is 0 Å². The number of methoxy groups -OCH3 is 1. The second-order valence-electron chi connectivity index (χ2n) is 19.6. The predicted molar refractivity (Wildman–Crippen MR) is 279 cm³/mol. The van der Waals surface area contributed by atoms with E-state index in [2.05, 4.69) is 73.7 Å². The Morgan fingerprint density at radius 3 is 2.18 bits per heavy atom. The van der Waals surface area contributed by atoms with Crippen molar-refractivity contribution in [3.8, 4) is 16.9 Å². The molecular formula is C51H58BrN12O8P. The van der Waals surface area contributed by atoms with Crippen molar-refractivity contribution in [3.05, 3.63) is 88.3 Å². The zero-order chi connectivity index (χ0) is 50.7. The van der Waals surface area contributed by atoms with Gasteiger partial charge in [0.25, 0.3) is 11.8 Å². The number of aryl methyl sites for hydroxylation is 1. The summed E-state index contributed by atoms with van der Waals surface area (Å²) in [7, 11) is 2.72. The molecule has 4 amide bonds. The number of nitrogens with one attached hydrogen (secondary N) is 3. The number of aromatic nitrogens is 4. The standard InChI is InChI=1S/C51H58BrN12O8P/c1-59-27-32(25-54-59)37-23-41(56-51-53-26-39(52)47(58-51)55-40-10-7-31(30-5-6-30)21-45(40)73(69,71-3)72-4)44(70-2)24-43(37)62-19-17-61(18-20-62)33-13-15-60(16-14-33)35-28-63(29-35)34-8-9-36-38(22-34)50(68)64(49(36)67)42-11-12-46(65)57-48(42)66/h7-10,21-27,30,33,35,42H,5-6,11-20,28-29H2,1-4H3,(H,57,65,66)(H2,53,55,56,58). The molecule has 1 atom stereocenters. The first-order valence-electron chi connectivity index (χ1n) is 24.8. The van der Waals surface area contributed by atoms with E-state index in [0.717, 1.165) is 111 Å². The van der Waals surface area contributed by atoms with Gasteiger partial charge in [-0.2, -0.15) is 10.1 Å². The summed E-state index contributed by atoms with van der Waals surface area (Å²) in [6.45, 7) is 7.22. The Bertz CT molecular complexity index is 3050. The molecule has 7 heterocycles. The number of hydrogen-bond acceptors (Lipinski definition) is 17. The number of amides is 4. The molecule has 382 valence electrons. The lowest BCUT2D eigenvalue weighted by Gasteiger charge is -2.50. The highest BCUT2D eigenvalue weighted by Gasteiger charge is 2.45. The van der Waals surface area contributed by atoms with Crippen LogP contribution in [0.4, 0.5) is 34.5 Å². The van der Waals surface area contributed by atoms with Gasteiger partial charge in [-0.1, -0.05) is 6.07 Å². The van der Waals surface area contributed by atoms with Gasteiger partial charge in [-0.3, -0.25) is 48.4 Å². The first-order chi connectivity index (χ1) is 35.3. The molecule has 6 aliphatic rings. The molecular weight excluding hydrogens is 1020 g/mol. The molecule has 2 aromatic heterocycles. The summed E-state index contributed by atoms with van der Waals surface area (Å²) in [4.78, 5) is 71.3. The van der Waals surface area contributed by atoms with Gasteiger partial charge < -0.3 is 34.2 Å². The molecule has 1 saturated carbocycles. The highest BCUT2D eigenvalue weighted by Crippen LogP contribution is 2.50. The molecule has 20 nitrogen and oxygen atoms in total. The summed E-state index contributed by atoms with van der Waals surface area (Å²) in [5.41, 5.74) is 6.81. The Hall–Kier alpha value is -6.22. The number of halogens is 1. The number of carbonyl (C=O) groups is 4. The van der Waals surface area contributed by atoms with Crippen molar-refractivity contribution in [2.45, 2.75) is 62.6 Å². The van der Waals surface area contributed by atoms with Gasteiger partial charge in [0.2, 0.25) is 17.8 Å². The zero-order valence-corrected chi connectivity index (χ0v) is 43.7. The fourth-order valence-corrected chi connectivity index (χ4v) is 12.5. The van der Waals surface area contributed by atoms with Crippen LogP contribution in [0.3, 0.4) is 0 Å². The van der Waals surface area contributed by atoms with E-state index < -0.39 is 37.3 Å². The number of carbonyl (C=O) groups excluding carboxylic acids is 4. The number of likely N-dealkylation sites (tertiary alicyclic amines) is 1. The molecule has 5 aliphatic heterocycles. The van der Waals surface area contributed by atoms with Gasteiger partial charge in [0.1, 0.15) is 17.6 Å². The van der Waals surface area contributed by atoms with E-state index in [-0.39, 0.29) is 12.8 Å². The van der Waals surface area contributed by atoms with Gasteiger partial charge in [-0.25, -0.2) is 4.98 Å². The number of nitrogens with zero attached hydrogens (tertiary/aromatic N) is 9. The molecule has 0 spiro atoms. The molecule has 1 aliphatic carbocycles. The molecule has 73 heavy (non-hydrogen) atoms. The maximum atomic E-state index is 13.8. The molecule has 22 heteroatoms. The Morgan fingerprint density at radius 1 is 0.753 bits per heavy atom. The molecule has 11 rings (SSSR count). The summed E-state index contributed by atoms with van der Waals surface area (Å²) < 4.78 is 33.1. The average molecular weight is 1080 g/mol. The molecule has 0 radical (unpaired) electrons. The maximum absolute atomic E-state index is 13.8. The van der Waals surface area contributed by atoms with Crippen LogP contribution in [0.5, 0.6) is 5.75 Å². The maximum Gasteiger partial charge on any atom is 0.362 e. The Labute approximate surface area is 431 Å². The van der Waals surface area contributed by atoms with E-state index in [0.29, 0.717) is 67.8 Å². The Kier molecular flexibility index (Phi) is 13.4. The second kappa shape index (κ2) is 19.9. The Balaban J connectivity index is 0.723.